The average Bonchev–Trinajstić information content (AvgIpc) is 3.25. The standard InChI is InChI=1S/C23H29FN4O4/c1-31-12-2-9-25-22(29)17-7-10-27(11-8-17)23(30)21-19-14-32-20(13-28(19)15-26-21)16-3-5-18(24)6-4-16/h3-6,15,17,20H,2,7-14H2,1H3,(H,25,29). The van der Waals surface area contributed by atoms with Gasteiger partial charge in [-0.25, -0.2) is 9.37 Å². The molecule has 4 rings (SSSR count). The molecule has 9 heteroatoms. The molecule has 3 heterocycles. The summed E-state index contributed by atoms with van der Waals surface area (Å²) in [7, 11) is 1.64. The molecule has 2 aromatic rings. The molecule has 1 aromatic heterocycles. The van der Waals surface area contributed by atoms with E-state index in [0.717, 1.165) is 17.7 Å². The summed E-state index contributed by atoms with van der Waals surface area (Å²) in [5.74, 6) is -0.431. The first-order valence-corrected chi connectivity index (χ1v) is 11.0. The number of halogens is 1. The lowest BCUT2D eigenvalue weighted by Gasteiger charge is -2.31. The molecule has 0 aliphatic carbocycles. The lowest BCUT2D eigenvalue weighted by atomic mass is 9.95. The molecule has 0 spiro atoms. The van der Waals surface area contributed by atoms with Crippen LogP contribution < -0.4 is 5.32 Å². The summed E-state index contributed by atoms with van der Waals surface area (Å²) < 4.78 is 26.1. The Kier molecular flexibility index (Phi) is 7.16. The van der Waals surface area contributed by atoms with Crippen molar-refractivity contribution in [2.24, 2.45) is 5.92 Å². The van der Waals surface area contributed by atoms with Crippen molar-refractivity contribution in [2.45, 2.75) is 38.5 Å². The van der Waals surface area contributed by atoms with Crippen LogP contribution in [0.4, 0.5) is 4.39 Å². The van der Waals surface area contributed by atoms with E-state index >= 15 is 0 Å². The second-order valence-electron chi connectivity index (χ2n) is 8.25. The van der Waals surface area contributed by atoms with Crippen LogP contribution >= 0.6 is 0 Å². The highest BCUT2D eigenvalue weighted by Gasteiger charge is 2.32. The predicted molar refractivity (Wildman–Crippen MR) is 114 cm³/mol. The van der Waals surface area contributed by atoms with Crippen LogP contribution in [0, 0.1) is 11.7 Å². The van der Waals surface area contributed by atoms with Gasteiger partial charge in [-0.1, -0.05) is 12.1 Å². The van der Waals surface area contributed by atoms with Crippen molar-refractivity contribution in [3.05, 3.63) is 53.4 Å². The predicted octanol–water partition coefficient (Wildman–Crippen LogP) is 2.30. The zero-order valence-electron chi connectivity index (χ0n) is 18.3. The molecule has 0 bridgehead atoms. The molecule has 1 saturated heterocycles. The first kappa shape index (κ1) is 22.4. The average molecular weight is 445 g/mol. The second kappa shape index (κ2) is 10.2. The number of methoxy groups -OCH3 is 1. The summed E-state index contributed by atoms with van der Waals surface area (Å²) in [5.41, 5.74) is 2.05. The van der Waals surface area contributed by atoms with E-state index in [2.05, 4.69) is 10.3 Å². The number of carbonyl (C=O) groups is 2. The number of imidazole rings is 1. The van der Waals surface area contributed by atoms with Gasteiger partial charge in [-0.15, -0.1) is 0 Å². The van der Waals surface area contributed by atoms with Gasteiger partial charge < -0.3 is 24.3 Å². The lowest BCUT2D eigenvalue weighted by Crippen LogP contribution is -2.43. The Morgan fingerprint density at radius 3 is 2.72 bits per heavy atom. The quantitative estimate of drug-likeness (QED) is 0.663. The van der Waals surface area contributed by atoms with Gasteiger partial charge in [0, 0.05) is 39.3 Å². The van der Waals surface area contributed by atoms with Crippen LogP contribution in [-0.2, 0) is 27.4 Å². The molecule has 1 fully saturated rings. The van der Waals surface area contributed by atoms with Crippen molar-refractivity contribution in [1.29, 1.82) is 0 Å². The fraction of sp³-hybridized carbons (Fsp3) is 0.522. The molecule has 0 radical (unpaired) electrons. The molecule has 2 aliphatic heterocycles. The van der Waals surface area contributed by atoms with Gasteiger partial charge in [0.25, 0.3) is 5.91 Å². The zero-order chi connectivity index (χ0) is 22.5. The van der Waals surface area contributed by atoms with E-state index in [4.69, 9.17) is 9.47 Å². The topological polar surface area (TPSA) is 85.7 Å². The van der Waals surface area contributed by atoms with Gasteiger partial charge in [-0.3, -0.25) is 9.59 Å². The Labute approximate surface area is 186 Å². The highest BCUT2D eigenvalue weighted by molar-refractivity contribution is 5.93. The van der Waals surface area contributed by atoms with Gasteiger partial charge in [-0.2, -0.15) is 0 Å². The van der Waals surface area contributed by atoms with E-state index in [1.54, 1.807) is 30.5 Å². The maximum Gasteiger partial charge on any atom is 0.274 e. The first-order valence-electron chi connectivity index (χ1n) is 11.0. The zero-order valence-corrected chi connectivity index (χ0v) is 18.3. The van der Waals surface area contributed by atoms with Crippen molar-refractivity contribution in [3.63, 3.8) is 0 Å². The summed E-state index contributed by atoms with van der Waals surface area (Å²) in [5, 5.41) is 2.94. The molecule has 32 heavy (non-hydrogen) atoms. The Balaban J connectivity index is 1.32. The number of rotatable bonds is 7. The molecule has 2 aliphatic rings. The van der Waals surface area contributed by atoms with Crippen LogP contribution in [0.3, 0.4) is 0 Å². The minimum atomic E-state index is -0.284. The second-order valence-corrected chi connectivity index (χ2v) is 8.25. The highest BCUT2D eigenvalue weighted by Crippen LogP contribution is 2.29. The van der Waals surface area contributed by atoms with Gasteiger partial charge in [-0.05, 0) is 37.0 Å². The molecule has 1 N–H and O–H groups in total. The van der Waals surface area contributed by atoms with Gasteiger partial charge in [0.2, 0.25) is 5.91 Å². The van der Waals surface area contributed by atoms with E-state index in [0.29, 0.717) is 51.3 Å². The maximum atomic E-state index is 13.2. The minimum Gasteiger partial charge on any atom is -0.385 e. The number of amides is 2. The molecule has 8 nitrogen and oxygen atoms in total. The number of benzene rings is 1. The number of carbonyl (C=O) groups excluding carboxylic acids is 2. The van der Waals surface area contributed by atoms with Crippen LogP contribution in [-0.4, -0.2) is 59.6 Å². The number of nitrogens with zero attached hydrogens (tertiary/aromatic N) is 3. The molecular weight excluding hydrogens is 415 g/mol. The fourth-order valence-electron chi connectivity index (χ4n) is 4.25. The molecule has 1 atom stereocenters. The van der Waals surface area contributed by atoms with E-state index in [1.807, 2.05) is 4.57 Å². The fourth-order valence-corrected chi connectivity index (χ4v) is 4.25. The van der Waals surface area contributed by atoms with Crippen molar-refractivity contribution >= 4 is 11.8 Å². The van der Waals surface area contributed by atoms with Crippen molar-refractivity contribution < 1.29 is 23.5 Å². The maximum absolute atomic E-state index is 13.2. The van der Waals surface area contributed by atoms with E-state index < -0.39 is 0 Å². The number of piperidine rings is 1. The number of fused-ring (bicyclic) bond motifs is 1. The number of hydrogen-bond acceptors (Lipinski definition) is 5. The summed E-state index contributed by atoms with van der Waals surface area (Å²) in [6.07, 6.45) is 3.53. The SMILES string of the molecule is COCCCNC(=O)C1CCN(C(=O)c2ncn3c2COC(c2ccc(F)cc2)C3)CC1. The van der Waals surface area contributed by atoms with Crippen LogP contribution in [0.5, 0.6) is 0 Å². The monoisotopic (exact) mass is 444 g/mol. The third-order valence-corrected chi connectivity index (χ3v) is 6.15. The normalized spacial score (nSPS) is 18.9. The number of ether oxygens (including phenoxy) is 2. The molecule has 1 aromatic carbocycles. The summed E-state index contributed by atoms with van der Waals surface area (Å²) >= 11 is 0. The third-order valence-electron chi connectivity index (χ3n) is 6.15. The Hall–Kier alpha value is -2.78. The van der Waals surface area contributed by atoms with Crippen molar-refractivity contribution in [1.82, 2.24) is 19.8 Å². The molecule has 2 amide bonds. The van der Waals surface area contributed by atoms with Crippen molar-refractivity contribution in [3.8, 4) is 0 Å². The number of aromatic nitrogens is 2. The molecule has 172 valence electrons. The minimum absolute atomic E-state index is 0.0489. The number of hydrogen-bond donors (Lipinski definition) is 1. The van der Waals surface area contributed by atoms with Gasteiger partial charge >= 0.3 is 0 Å². The van der Waals surface area contributed by atoms with Crippen LogP contribution in [0.15, 0.2) is 30.6 Å². The summed E-state index contributed by atoms with van der Waals surface area (Å²) in [6, 6.07) is 6.26. The van der Waals surface area contributed by atoms with Crippen molar-refractivity contribution in [2.75, 3.05) is 33.4 Å². The number of nitrogens with one attached hydrogen (secondary N) is 1. The van der Waals surface area contributed by atoms with Gasteiger partial charge in [0.05, 0.1) is 25.2 Å². The Morgan fingerprint density at radius 2 is 2.00 bits per heavy atom. The van der Waals surface area contributed by atoms with Gasteiger partial charge in [0.15, 0.2) is 5.69 Å². The third kappa shape index (κ3) is 4.99. The smallest absolute Gasteiger partial charge is 0.274 e. The Bertz CT molecular complexity index is 938. The summed E-state index contributed by atoms with van der Waals surface area (Å²) in [6.45, 7) is 3.07. The summed E-state index contributed by atoms with van der Waals surface area (Å²) in [4.78, 5) is 31.5. The van der Waals surface area contributed by atoms with Crippen LogP contribution in [0.2, 0.25) is 0 Å². The molecule has 1 unspecified atom stereocenters. The Morgan fingerprint density at radius 1 is 1.25 bits per heavy atom. The molecular formula is C23H29FN4O4. The molecule has 0 saturated carbocycles. The highest BCUT2D eigenvalue weighted by atomic mass is 19.1. The van der Waals surface area contributed by atoms with E-state index in [1.165, 1.54) is 12.1 Å². The largest absolute Gasteiger partial charge is 0.385 e. The van der Waals surface area contributed by atoms with Crippen LogP contribution in [0.1, 0.15) is 47.1 Å². The number of likely N-dealkylation sites (tertiary alicyclic amines) is 1. The van der Waals surface area contributed by atoms with E-state index in [9.17, 15) is 14.0 Å². The van der Waals surface area contributed by atoms with E-state index in [-0.39, 0.29) is 36.3 Å². The van der Waals surface area contributed by atoms with Gasteiger partial charge in [0.1, 0.15) is 11.9 Å². The lowest BCUT2D eigenvalue weighted by molar-refractivity contribution is -0.126. The first-order chi connectivity index (χ1) is 15.6. The van der Waals surface area contributed by atoms with Crippen LogP contribution in [0.25, 0.3) is 0 Å².